The smallest absolute Gasteiger partial charge is 0.303 e. The first-order valence-corrected chi connectivity index (χ1v) is 11.0. The number of carbonyl (C=O) groups is 4. The van der Waals surface area contributed by atoms with Crippen molar-refractivity contribution in [1.29, 1.82) is 0 Å². The molecule has 5 atom stereocenters. The number of carbonyl (C=O) groups excluding carboxylic acids is 4. The van der Waals surface area contributed by atoms with E-state index >= 15 is 0 Å². The molecular formula is C24H32O8. The largest absolute Gasteiger partial charge is 0.507 e. The highest BCUT2D eigenvalue weighted by molar-refractivity contribution is 6.50. The summed E-state index contributed by atoms with van der Waals surface area (Å²) >= 11 is 0. The van der Waals surface area contributed by atoms with Crippen LogP contribution in [0.25, 0.3) is 0 Å². The minimum absolute atomic E-state index is 0.00146. The van der Waals surface area contributed by atoms with Crippen LogP contribution in [0, 0.1) is 22.7 Å². The Balaban J connectivity index is 2.26. The van der Waals surface area contributed by atoms with Gasteiger partial charge in [0.1, 0.15) is 5.76 Å². The van der Waals surface area contributed by atoms with E-state index in [0.29, 0.717) is 6.42 Å². The average Bonchev–Trinajstić information content (AvgIpc) is 2.65. The summed E-state index contributed by atoms with van der Waals surface area (Å²) in [5.74, 6) is -4.57. The van der Waals surface area contributed by atoms with Crippen LogP contribution < -0.4 is 0 Å². The van der Waals surface area contributed by atoms with Gasteiger partial charge in [-0.25, -0.2) is 0 Å². The number of hydrogen-bond donors (Lipinski definition) is 2. The van der Waals surface area contributed by atoms with E-state index < -0.39 is 64.1 Å². The van der Waals surface area contributed by atoms with E-state index in [1.165, 1.54) is 13.8 Å². The summed E-state index contributed by atoms with van der Waals surface area (Å²) in [4.78, 5) is 49.8. The van der Waals surface area contributed by atoms with Gasteiger partial charge < -0.3 is 19.7 Å². The fourth-order valence-corrected chi connectivity index (χ4v) is 6.21. The predicted molar refractivity (Wildman–Crippen MR) is 113 cm³/mol. The summed E-state index contributed by atoms with van der Waals surface area (Å²) in [6.07, 6.45) is -0.330. The maximum absolute atomic E-state index is 13.5. The lowest BCUT2D eigenvalue weighted by Gasteiger charge is -2.58. The molecule has 0 spiro atoms. The Labute approximate surface area is 187 Å². The number of ether oxygens (including phenoxy) is 2. The lowest BCUT2D eigenvalue weighted by atomic mass is 9.47. The maximum Gasteiger partial charge on any atom is 0.303 e. The lowest BCUT2D eigenvalue weighted by molar-refractivity contribution is -0.166. The van der Waals surface area contributed by atoms with Crippen LogP contribution in [-0.4, -0.2) is 52.5 Å². The van der Waals surface area contributed by atoms with Crippen LogP contribution in [0.15, 0.2) is 22.5 Å². The Morgan fingerprint density at radius 3 is 2.28 bits per heavy atom. The van der Waals surface area contributed by atoms with Crippen LogP contribution in [0.5, 0.6) is 0 Å². The third kappa shape index (κ3) is 3.68. The van der Waals surface area contributed by atoms with Gasteiger partial charge in [0, 0.05) is 42.2 Å². The number of aliphatic hydroxyl groups excluding tert-OH is 2. The molecule has 0 saturated heterocycles. The highest BCUT2D eigenvalue weighted by Crippen LogP contribution is 2.61. The van der Waals surface area contributed by atoms with E-state index in [4.69, 9.17) is 9.47 Å². The zero-order valence-corrected chi connectivity index (χ0v) is 19.5. The number of hydrogen-bond acceptors (Lipinski definition) is 8. The molecule has 0 aromatic carbocycles. The molecule has 8 heteroatoms. The Kier molecular flexibility index (Phi) is 6.15. The monoisotopic (exact) mass is 448 g/mol. The van der Waals surface area contributed by atoms with Crippen LogP contribution in [0.3, 0.4) is 0 Å². The molecule has 32 heavy (non-hydrogen) atoms. The third-order valence-corrected chi connectivity index (χ3v) is 7.33. The van der Waals surface area contributed by atoms with Crippen molar-refractivity contribution in [3.05, 3.63) is 22.5 Å². The highest BCUT2D eigenvalue weighted by Gasteiger charge is 2.62. The van der Waals surface area contributed by atoms with Crippen molar-refractivity contribution in [3.8, 4) is 0 Å². The molecule has 1 fully saturated rings. The molecule has 0 aromatic heterocycles. The van der Waals surface area contributed by atoms with Gasteiger partial charge in [-0.05, 0) is 18.3 Å². The molecule has 2 N–H and O–H groups in total. The van der Waals surface area contributed by atoms with Gasteiger partial charge in [0.2, 0.25) is 11.6 Å². The molecule has 0 aliphatic heterocycles. The van der Waals surface area contributed by atoms with Crippen LogP contribution >= 0.6 is 0 Å². The van der Waals surface area contributed by atoms with Crippen molar-refractivity contribution in [2.45, 2.75) is 73.0 Å². The zero-order chi connectivity index (χ0) is 24.2. The number of fused-ring (bicyclic) bond motifs is 2. The van der Waals surface area contributed by atoms with Crippen LogP contribution in [0.4, 0.5) is 0 Å². The summed E-state index contributed by atoms with van der Waals surface area (Å²) in [5.41, 5.74) is -1.35. The van der Waals surface area contributed by atoms with Gasteiger partial charge in [-0.15, -0.1) is 0 Å². The molecule has 3 aliphatic rings. The quantitative estimate of drug-likeness (QED) is 0.382. The Bertz CT molecular complexity index is 940. The summed E-state index contributed by atoms with van der Waals surface area (Å²) in [6, 6.07) is 0. The molecule has 0 amide bonds. The number of ketones is 2. The minimum atomic E-state index is -1.29. The van der Waals surface area contributed by atoms with Crippen LogP contribution in [0.2, 0.25) is 0 Å². The summed E-state index contributed by atoms with van der Waals surface area (Å²) in [7, 11) is 0. The number of rotatable bonds is 4. The van der Waals surface area contributed by atoms with Gasteiger partial charge in [0.25, 0.3) is 0 Å². The van der Waals surface area contributed by atoms with Gasteiger partial charge in [-0.3, -0.25) is 19.2 Å². The second-order valence-corrected chi connectivity index (χ2v) is 10.2. The van der Waals surface area contributed by atoms with Crippen molar-refractivity contribution in [3.63, 3.8) is 0 Å². The molecule has 0 unspecified atom stereocenters. The van der Waals surface area contributed by atoms with E-state index in [1.54, 1.807) is 6.92 Å². The van der Waals surface area contributed by atoms with Gasteiger partial charge in [-0.2, -0.15) is 0 Å². The topological polar surface area (TPSA) is 127 Å². The fourth-order valence-electron chi connectivity index (χ4n) is 6.21. The Morgan fingerprint density at radius 1 is 1.09 bits per heavy atom. The molecule has 0 aromatic rings. The summed E-state index contributed by atoms with van der Waals surface area (Å²) < 4.78 is 10.4. The molecule has 0 heterocycles. The number of allylic oxidation sites excluding steroid dienone is 1. The number of Topliss-reactive ketones (excluding diaryl/α,β-unsaturated/α-hetero) is 2. The molecular weight excluding hydrogens is 416 g/mol. The molecule has 0 bridgehead atoms. The molecule has 0 radical (unpaired) electrons. The van der Waals surface area contributed by atoms with E-state index in [0.717, 1.165) is 12.8 Å². The number of aliphatic hydroxyl groups is 2. The Hall–Kier alpha value is -2.48. The van der Waals surface area contributed by atoms with E-state index in [-0.39, 0.29) is 23.3 Å². The van der Waals surface area contributed by atoms with Crippen LogP contribution in [0.1, 0.15) is 60.8 Å². The van der Waals surface area contributed by atoms with Gasteiger partial charge in [0.15, 0.2) is 6.10 Å². The standard InChI is InChI=1S/C24H32O8/c1-11(10-31-12(2)25)14-17(27)15-16(19(29)18(14)28)24(6)9-7-8-23(4,5)22(24)20(30)21(15)32-13(3)26/h11,20-22,27,30H,7-10H2,1-6H3/t11-,20-,21+,22+,24-/m1/s1. The van der Waals surface area contributed by atoms with Gasteiger partial charge >= 0.3 is 11.9 Å². The second-order valence-electron chi connectivity index (χ2n) is 10.2. The molecule has 1 saturated carbocycles. The SMILES string of the molecule is CC(=O)OC[C@@H](C)C1=C(O)C2=C(C(=O)C1=O)[C@@]1(C)CCCC(C)(C)[C@@H]1[C@H](O)[C@H]2OC(C)=O. The third-order valence-electron chi connectivity index (χ3n) is 7.33. The first-order chi connectivity index (χ1) is 14.7. The van der Waals surface area contributed by atoms with Crippen LogP contribution in [-0.2, 0) is 28.7 Å². The second kappa shape index (κ2) is 8.14. The maximum atomic E-state index is 13.5. The van der Waals surface area contributed by atoms with Crippen molar-refractivity contribution in [2.75, 3.05) is 6.61 Å². The predicted octanol–water partition coefficient (Wildman–Crippen LogP) is 2.58. The summed E-state index contributed by atoms with van der Waals surface area (Å²) in [5, 5.41) is 22.6. The van der Waals surface area contributed by atoms with Crippen molar-refractivity contribution >= 4 is 23.5 Å². The zero-order valence-electron chi connectivity index (χ0n) is 19.5. The van der Waals surface area contributed by atoms with Gasteiger partial charge in [0.05, 0.1) is 18.3 Å². The number of esters is 2. The molecule has 176 valence electrons. The summed E-state index contributed by atoms with van der Waals surface area (Å²) in [6.45, 7) is 9.58. The van der Waals surface area contributed by atoms with E-state index in [9.17, 15) is 29.4 Å². The first kappa shape index (κ1) is 24.2. The van der Waals surface area contributed by atoms with E-state index in [1.807, 2.05) is 20.8 Å². The lowest BCUT2D eigenvalue weighted by Crippen LogP contribution is -2.60. The van der Waals surface area contributed by atoms with E-state index in [2.05, 4.69) is 0 Å². The first-order valence-electron chi connectivity index (χ1n) is 11.0. The van der Waals surface area contributed by atoms with Crippen molar-refractivity contribution < 1.29 is 38.9 Å². The van der Waals surface area contributed by atoms with Crippen molar-refractivity contribution in [2.24, 2.45) is 22.7 Å². The molecule has 3 rings (SSSR count). The molecule has 3 aliphatic carbocycles. The normalized spacial score (nSPS) is 32.8. The Morgan fingerprint density at radius 2 is 1.72 bits per heavy atom. The highest BCUT2D eigenvalue weighted by atomic mass is 16.6. The van der Waals surface area contributed by atoms with Crippen molar-refractivity contribution in [1.82, 2.24) is 0 Å². The average molecular weight is 449 g/mol. The fraction of sp³-hybridized carbons (Fsp3) is 0.667. The minimum Gasteiger partial charge on any atom is -0.507 e. The molecule has 8 nitrogen and oxygen atoms in total. The van der Waals surface area contributed by atoms with Gasteiger partial charge in [-0.1, -0.05) is 34.1 Å².